The van der Waals surface area contributed by atoms with Crippen LogP contribution in [-0.4, -0.2) is 6.71 Å². The third kappa shape index (κ3) is 1.71. The summed E-state index contributed by atoms with van der Waals surface area (Å²) in [6.45, 7) is 0.861. The summed E-state index contributed by atoms with van der Waals surface area (Å²) in [5, 5.41) is 0. The van der Waals surface area contributed by atoms with Crippen LogP contribution in [0.1, 0.15) is 19.3 Å². The van der Waals surface area contributed by atoms with Gasteiger partial charge in [-0.2, -0.15) is 0 Å². The fraction of sp³-hybridized carbons (Fsp3) is 0.455. The van der Waals surface area contributed by atoms with E-state index < -0.39 is 0 Å². The molecule has 0 amide bonds. The smallest absolute Gasteiger partial charge is 0.0801 e. The van der Waals surface area contributed by atoms with Crippen LogP contribution in [0, 0.1) is 0 Å². The van der Waals surface area contributed by atoms with Crippen molar-refractivity contribution in [3.05, 3.63) is 30.3 Å². The Bertz CT molecular complexity index is 224. The van der Waals surface area contributed by atoms with Crippen LogP contribution in [0.25, 0.3) is 0 Å². The zero-order chi connectivity index (χ0) is 8.23. The molecule has 1 aromatic carbocycles. The minimum atomic E-state index is 0.861. The summed E-state index contributed by atoms with van der Waals surface area (Å²) in [6.07, 6.45) is 7.12. The lowest BCUT2D eigenvalue weighted by Gasteiger charge is -2.18. The van der Waals surface area contributed by atoms with Crippen molar-refractivity contribution in [2.75, 3.05) is 0 Å². The van der Waals surface area contributed by atoms with E-state index in [2.05, 4.69) is 30.3 Å². The Morgan fingerprint density at radius 2 is 1.50 bits per heavy atom. The van der Waals surface area contributed by atoms with Crippen molar-refractivity contribution < 1.29 is 0 Å². The predicted molar refractivity (Wildman–Crippen MR) is 55.3 cm³/mol. The van der Waals surface area contributed by atoms with Crippen molar-refractivity contribution in [2.45, 2.75) is 31.9 Å². The zero-order valence-electron chi connectivity index (χ0n) is 7.50. The minimum absolute atomic E-state index is 0.861. The molecular formula is C11H15B. The van der Waals surface area contributed by atoms with Gasteiger partial charge in [0, 0.05) is 0 Å². The Morgan fingerprint density at radius 3 is 2.17 bits per heavy atom. The lowest BCUT2D eigenvalue weighted by Crippen LogP contribution is -2.31. The van der Waals surface area contributed by atoms with Crippen LogP contribution in [0.3, 0.4) is 0 Å². The molecule has 1 saturated heterocycles. The van der Waals surface area contributed by atoms with Gasteiger partial charge in [0.2, 0.25) is 0 Å². The molecule has 1 aliphatic rings. The number of benzene rings is 1. The van der Waals surface area contributed by atoms with Crippen LogP contribution in [0.5, 0.6) is 0 Å². The van der Waals surface area contributed by atoms with Crippen molar-refractivity contribution in [1.29, 1.82) is 0 Å². The van der Waals surface area contributed by atoms with E-state index in [0.717, 1.165) is 6.71 Å². The van der Waals surface area contributed by atoms with E-state index in [1.54, 1.807) is 5.46 Å². The maximum atomic E-state index is 2.27. The predicted octanol–water partition coefficient (Wildman–Crippen LogP) is 2.57. The molecule has 1 fully saturated rings. The normalized spacial score (nSPS) is 17.8. The Hall–Kier alpha value is -0.715. The van der Waals surface area contributed by atoms with E-state index in [1.807, 2.05) is 0 Å². The van der Waals surface area contributed by atoms with Gasteiger partial charge in [-0.15, -0.1) is 0 Å². The minimum Gasteiger partial charge on any atom is -0.0801 e. The molecule has 62 valence electrons. The Morgan fingerprint density at radius 1 is 0.833 bits per heavy atom. The maximum Gasteiger partial charge on any atom is 0.175 e. The lowest BCUT2D eigenvalue weighted by molar-refractivity contribution is 0.728. The van der Waals surface area contributed by atoms with Gasteiger partial charge < -0.3 is 0 Å². The second-order valence-electron chi connectivity index (χ2n) is 3.75. The van der Waals surface area contributed by atoms with Gasteiger partial charge >= 0.3 is 0 Å². The molecule has 0 aliphatic carbocycles. The van der Waals surface area contributed by atoms with Crippen LogP contribution < -0.4 is 5.46 Å². The Balaban J connectivity index is 2.08. The quantitative estimate of drug-likeness (QED) is 0.551. The first kappa shape index (κ1) is 7.91. The molecule has 2 rings (SSSR count). The molecule has 0 bridgehead atoms. The van der Waals surface area contributed by atoms with Gasteiger partial charge in [0.1, 0.15) is 0 Å². The molecule has 1 heterocycles. The fourth-order valence-electron chi connectivity index (χ4n) is 2.16. The van der Waals surface area contributed by atoms with Crippen molar-refractivity contribution in [1.82, 2.24) is 0 Å². The first-order chi connectivity index (χ1) is 5.97. The van der Waals surface area contributed by atoms with Gasteiger partial charge in [-0.1, -0.05) is 67.7 Å². The third-order valence-corrected chi connectivity index (χ3v) is 2.88. The second kappa shape index (κ2) is 3.80. The maximum absolute atomic E-state index is 2.27. The fourth-order valence-corrected chi connectivity index (χ4v) is 2.16. The number of rotatable bonds is 1. The Labute approximate surface area is 75.1 Å². The molecule has 0 radical (unpaired) electrons. The monoisotopic (exact) mass is 158 g/mol. The van der Waals surface area contributed by atoms with E-state index in [1.165, 1.54) is 31.9 Å². The van der Waals surface area contributed by atoms with Crippen molar-refractivity contribution in [3.8, 4) is 0 Å². The van der Waals surface area contributed by atoms with Crippen LogP contribution in [0.4, 0.5) is 0 Å². The van der Waals surface area contributed by atoms with Crippen LogP contribution in [-0.2, 0) is 0 Å². The summed E-state index contributed by atoms with van der Waals surface area (Å²) in [4.78, 5) is 0. The van der Waals surface area contributed by atoms with Gasteiger partial charge in [-0.3, -0.25) is 0 Å². The number of hydrogen-bond donors (Lipinski definition) is 0. The number of hydrogen-bond acceptors (Lipinski definition) is 0. The van der Waals surface area contributed by atoms with Crippen molar-refractivity contribution >= 4 is 12.2 Å². The largest absolute Gasteiger partial charge is 0.175 e. The summed E-state index contributed by atoms with van der Waals surface area (Å²) in [7, 11) is 0. The van der Waals surface area contributed by atoms with Crippen LogP contribution in [0.2, 0.25) is 12.6 Å². The summed E-state index contributed by atoms with van der Waals surface area (Å²) in [6, 6.07) is 11.0. The molecule has 0 spiro atoms. The van der Waals surface area contributed by atoms with Gasteiger partial charge in [0.05, 0.1) is 0 Å². The SMILES string of the molecule is c1ccc(B2CCCCC2)cc1. The lowest BCUT2D eigenvalue weighted by atomic mass is 9.38. The highest BCUT2D eigenvalue weighted by atomic mass is 14.0. The molecular weight excluding hydrogens is 143 g/mol. The molecule has 1 aromatic rings. The highest BCUT2D eigenvalue weighted by molar-refractivity contribution is 6.73. The molecule has 0 saturated carbocycles. The third-order valence-electron chi connectivity index (χ3n) is 2.88. The average Bonchev–Trinajstić information content (AvgIpc) is 2.21. The van der Waals surface area contributed by atoms with Crippen molar-refractivity contribution in [3.63, 3.8) is 0 Å². The molecule has 0 nitrogen and oxygen atoms in total. The summed E-state index contributed by atoms with van der Waals surface area (Å²) < 4.78 is 0. The topological polar surface area (TPSA) is 0 Å². The summed E-state index contributed by atoms with van der Waals surface area (Å²) in [5.74, 6) is 0. The molecule has 1 aliphatic heterocycles. The van der Waals surface area contributed by atoms with Crippen molar-refractivity contribution in [2.24, 2.45) is 0 Å². The summed E-state index contributed by atoms with van der Waals surface area (Å²) in [5.41, 5.74) is 1.55. The zero-order valence-corrected chi connectivity index (χ0v) is 7.50. The summed E-state index contributed by atoms with van der Waals surface area (Å²) >= 11 is 0. The molecule has 0 N–H and O–H groups in total. The molecule has 0 aromatic heterocycles. The van der Waals surface area contributed by atoms with E-state index in [0.29, 0.717) is 0 Å². The van der Waals surface area contributed by atoms with E-state index in [4.69, 9.17) is 0 Å². The van der Waals surface area contributed by atoms with E-state index in [9.17, 15) is 0 Å². The first-order valence-electron chi connectivity index (χ1n) is 5.02. The van der Waals surface area contributed by atoms with Crippen LogP contribution in [0.15, 0.2) is 30.3 Å². The van der Waals surface area contributed by atoms with Crippen LogP contribution >= 0.6 is 0 Å². The van der Waals surface area contributed by atoms with Gasteiger partial charge in [-0.05, 0) is 0 Å². The second-order valence-corrected chi connectivity index (χ2v) is 3.75. The van der Waals surface area contributed by atoms with Gasteiger partial charge in [0.25, 0.3) is 0 Å². The first-order valence-corrected chi connectivity index (χ1v) is 5.02. The standard InChI is InChI=1S/C11H15B/c1-3-7-11(8-4-1)12-9-5-2-6-10-12/h1,3-4,7-8H,2,5-6,9-10H2. The molecule has 0 atom stereocenters. The molecule has 1 heteroatoms. The molecule has 12 heavy (non-hydrogen) atoms. The highest BCUT2D eigenvalue weighted by Crippen LogP contribution is 2.18. The Kier molecular flexibility index (Phi) is 2.50. The highest BCUT2D eigenvalue weighted by Gasteiger charge is 2.18. The average molecular weight is 158 g/mol. The van der Waals surface area contributed by atoms with E-state index in [-0.39, 0.29) is 0 Å². The van der Waals surface area contributed by atoms with E-state index >= 15 is 0 Å². The van der Waals surface area contributed by atoms with Gasteiger partial charge in [0.15, 0.2) is 6.71 Å². The van der Waals surface area contributed by atoms with Gasteiger partial charge in [-0.25, -0.2) is 0 Å². The molecule has 0 unspecified atom stereocenters.